The van der Waals surface area contributed by atoms with E-state index in [0.717, 1.165) is 51.4 Å². The molecule has 0 aromatic heterocycles. The highest BCUT2D eigenvalue weighted by Crippen LogP contribution is 2.29. The molecule has 0 aliphatic rings. The van der Waals surface area contributed by atoms with Gasteiger partial charge in [-0.25, -0.2) is 9.59 Å². The summed E-state index contributed by atoms with van der Waals surface area (Å²) in [5.74, 6) is 0. The Labute approximate surface area is 167 Å². The molecule has 0 unspecified atom stereocenters. The summed E-state index contributed by atoms with van der Waals surface area (Å²) in [4.78, 5) is 23.8. The van der Waals surface area contributed by atoms with E-state index in [0.29, 0.717) is 24.6 Å². The van der Waals surface area contributed by atoms with E-state index >= 15 is 0 Å². The van der Waals surface area contributed by atoms with Crippen molar-refractivity contribution >= 4 is 34.9 Å². The molecule has 0 radical (unpaired) electrons. The Morgan fingerprint density at radius 3 is 1.57 bits per heavy atom. The predicted octanol–water partition coefficient (Wildman–Crippen LogP) is 5.11. The molecule has 158 valence electrons. The molecule has 0 heterocycles. The Morgan fingerprint density at radius 2 is 1.18 bits per heavy atom. The lowest BCUT2D eigenvalue weighted by Crippen LogP contribution is -2.18. The molecule has 28 heavy (non-hydrogen) atoms. The number of hydrogen-bond acceptors (Lipinski definition) is 6. The number of nitrogens with one attached hydrogen (secondary N) is 2. The van der Waals surface area contributed by atoms with Gasteiger partial charge in [-0.2, -0.15) is 0 Å². The minimum atomic E-state index is -0.600. The number of amides is 2. The summed E-state index contributed by atoms with van der Waals surface area (Å²) in [7, 11) is 0. The van der Waals surface area contributed by atoms with Crippen molar-refractivity contribution in [2.45, 2.75) is 65.2 Å². The van der Waals surface area contributed by atoms with Crippen molar-refractivity contribution in [2.24, 2.45) is 0 Å². The van der Waals surface area contributed by atoms with E-state index in [1.165, 1.54) is 12.1 Å². The van der Waals surface area contributed by atoms with Crippen LogP contribution in [0.25, 0.3) is 0 Å². The van der Waals surface area contributed by atoms with Gasteiger partial charge in [0, 0.05) is 0 Å². The lowest BCUT2D eigenvalue weighted by Gasteiger charge is -2.14. The van der Waals surface area contributed by atoms with E-state index in [1.54, 1.807) is 0 Å². The maximum atomic E-state index is 11.9. The summed E-state index contributed by atoms with van der Waals surface area (Å²) in [6, 6.07) is 2.95. The van der Waals surface area contributed by atoms with Gasteiger partial charge in [0.05, 0.1) is 36.0 Å². The Bertz CT molecular complexity index is 573. The van der Waals surface area contributed by atoms with E-state index in [9.17, 15) is 9.59 Å². The van der Waals surface area contributed by atoms with Crippen molar-refractivity contribution < 1.29 is 19.1 Å². The number of carbonyl (C=O) groups excluding carboxylic acids is 2. The Hall–Kier alpha value is -2.64. The van der Waals surface area contributed by atoms with E-state index in [1.807, 2.05) is 0 Å². The smallest absolute Gasteiger partial charge is 0.411 e. The number of unbranched alkanes of at least 4 members (excludes halogenated alkanes) is 6. The number of nitrogen functional groups attached to an aromatic ring is 2. The first-order chi connectivity index (χ1) is 13.5. The fraction of sp³-hybridized carbons (Fsp3) is 0.600. The molecule has 0 fully saturated rings. The molecule has 6 N–H and O–H groups in total. The topological polar surface area (TPSA) is 129 Å². The highest BCUT2D eigenvalue weighted by atomic mass is 16.6. The van der Waals surface area contributed by atoms with Crippen molar-refractivity contribution in [3.05, 3.63) is 12.1 Å². The van der Waals surface area contributed by atoms with Crippen LogP contribution in [0.4, 0.5) is 32.3 Å². The summed E-state index contributed by atoms with van der Waals surface area (Å²) < 4.78 is 10.3. The molecule has 0 bridgehead atoms. The Morgan fingerprint density at radius 1 is 0.750 bits per heavy atom. The summed E-state index contributed by atoms with van der Waals surface area (Å²) in [5.41, 5.74) is 13.0. The van der Waals surface area contributed by atoms with Gasteiger partial charge in [-0.05, 0) is 25.0 Å². The standard InChI is InChI=1S/C20H34N4O4/c1-3-5-7-9-11-27-19(25)23-17-14-18(16(22)13-15(17)21)24-20(26)28-12-10-8-6-4-2/h13-14H,3-12,21-22H2,1-2H3,(H,23,25)(H,24,26). The second-order valence-corrected chi connectivity index (χ2v) is 6.67. The highest BCUT2D eigenvalue weighted by molar-refractivity contribution is 5.96. The van der Waals surface area contributed by atoms with E-state index in [-0.39, 0.29) is 11.4 Å². The van der Waals surface area contributed by atoms with Crippen LogP contribution in [0.15, 0.2) is 12.1 Å². The van der Waals surface area contributed by atoms with E-state index < -0.39 is 12.2 Å². The molecule has 0 saturated carbocycles. The third-order valence-corrected chi connectivity index (χ3v) is 4.16. The van der Waals surface area contributed by atoms with Crippen LogP contribution in [0.2, 0.25) is 0 Å². The molecule has 8 heteroatoms. The largest absolute Gasteiger partial charge is 0.449 e. The van der Waals surface area contributed by atoms with Crippen LogP contribution in [-0.4, -0.2) is 25.4 Å². The number of rotatable bonds is 12. The van der Waals surface area contributed by atoms with Gasteiger partial charge in [-0.15, -0.1) is 0 Å². The van der Waals surface area contributed by atoms with Gasteiger partial charge in [-0.1, -0.05) is 52.4 Å². The second kappa shape index (κ2) is 13.5. The number of carbonyl (C=O) groups is 2. The number of ether oxygens (including phenoxy) is 2. The molecule has 0 atom stereocenters. The zero-order valence-corrected chi connectivity index (χ0v) is 17.0. The SMILES string of the molecule is CCCCCCOC(=O)Nc1cc(NC(=O)OCCCCCC)c(N)cc1N. The number of anilines is 4. The van der Waals surface area contributed by atoms with Crippen LogP contribution >= 0.6 is 0 Å². The van der Waals surface area contributed by atoms with Crippen molar-refractivity contribution in [2.75, 3.05) is 35.3 Å². The highest BCUT2D eigenvalue weighted by Gasteiger charge is 2.12. The molecule has 0 aliphatic heterocycles. The van der Waals surface area contributed by atoms with Crippen molar-refractivity contribution in [3.8, 4) is 0 Å². The third-order valence-electron chi connectivity index (χ3n) is 4.16. The summed E-state index contributed by atoms with van der Waals surface area (Å²) in [6.07, 6.45) is 6.92. The maximum Gasteiger partial charge on any atom is 0.411 e. The van der Waals surface area contributed by atoms with E-state index in [2.05, 4.69) is 24.5 Å². The molecular formula is C20H34N4O4. The van der Waals surface area contributed by atoms with Crippen molar-refractivity contribution in [1.82, 2.24) is 0 Å². The average molecular weight is 395 g/mol. The van der Waals surface area contributed by atoms with Gasteiger partial charge in [-0.3, -0.25) is 10.6 Å². The van der Waals surface area contributed by atoms with E-state index in [4.69, 9.17) is 20.9 Å². The number of nitrogens with two attached hydrogens (primary N) is 2. The minimum absolute atomic E-state index is 0.277. The van der Waals surface area contributed by atoms with Crippen molar-refractivity contribution in [1.29, 1.82) is 0 Å². The predicted molar refractivity (Wildman–Crippen MR) is 113 cm³/mol. The summed E-state index contributed by atoms with van der Waals surface area (Å²) in [6.45, 7) is 4.92. The lowest BCUT2D eigenvalue weighted by molar-refractivity contribution is 0.158. The normalized spacial score (nSPS) is 10.4. The molecule has 0 aliphatic carbocycles. The average Bonchev–Trinajstić information content (AvgIpc) is 2.65. The summed E-state index contributed by atoms with van der Waals surface area (Å²) in [5, 5.41) is 5.15. The van der Waals surface area contributed by atoms with Gasteiger partial charge in [0.25, 0.3) is 0 Å². The number of hydrogen-bond donors (Lipinski definition) is 4. The van der Waals surface area contributed by atoms with Gasteiger partial charge in [0.15, 0.2) is 0 Å². The van der Waals surface area contributed by atoms with Crippen LogP contribution in [0.5, 0.6) is 0 Å². The Balaban J connectivity index is 2.53. The molecule has 1 rings (SSSR count). The molecule has 0 saturated heterocycles. The molecule has 8 nitrogen and oxygen atoms in total. The van der Waals surface area contributed by atoms with Gasteiger partial charge in [0.1, 0.15) is 0 Å². The first-order valence-electron chi connectivity index (χ1n) is 10.0. The molecule has 1 aromatic carbocycles. The van der Waals surface area contributed by atoms with Gasteiger partial charge >= 0.3 is 12.2 Å². The first-order valence-corrected chi connectivity index (χ1v) is 10.0. The fourth-order valence-corrected chi connectivity index (χ4v) is 2.53. The maximum absolute atomic E-state index is 11.9. The molecule has 0 spiro atoms. The molecule has 2 amide bonds. The fourth-order valence-electron chi connectivity index (χ4n) is 2.53. The lowest BCUT2D eigenvalue weighted by atomic mass is 10.2. The zero-order valence-electron chi connectivity index (χ0n) is 17.0. The van der Waals surface area contributed by atoms with Crippen LogP contribution in [0, 0.1) is 0 Å². The molecular weight excluding hydrogens is 360 g/mol. The van der Waals surface area contributed by atoms with Crippen LogP contribution in [0.3, 0.4) is 0 Å². The van der Waals surface area contributed by atoms with Crippen LogP contribution in [0.1, 0.15) is 65.2 Å². The van der Waals surface area contributed by atoms with Crippen LogP contribution < -0.4 is 22.1 Å². The zero-order chi connectivity index (χ0) is 20.8. The third kappa shape index (κ3) is 9.34. The van der Waals surface area contributed by atoms with Gasteiger partial charge in [0.2, 0.25) is 0 Å². The first kappa shape index (κ1) is 23.4. The second-order valence-electron chi connectivity index (χ2n) is 6.67. The minimum Gasteiger partial charge on any atom is -0.449 e. The molecule has 1 aromatic rings. The van der Waals surface area contributed by atoms with Gasteiger partial charge < -0.3 is 20.9 Å². The monoisotopic (exact) mass is 394 g/mol. The Kier molecular flexibility index (Phi) is 11.3. The summed E-state index contributed by atoms with van der Waals surface area (Å²) >= 11 is 0. The number of benzene rings is 1. The quantitative estimate of drug-likeness (QED) is 0.288. The van der Waals surface area contributed by atoms with Crippen LogP contribution in [-0.2, 0) is 9.47 Å². The van der Waals surface area contributed by atoms with Crippen molar-refractivity contribution in [3.63, 3.8) is 0 Å².